The highest BCUT2D eigenvalue weighted by Gasteiger charge is 2.29. The zero-order valence-corrected chi connectivity index (χ0v) is 18.1. The first-order chi connectivity index (χ1) is 13.7. The lowest BCUT2D eigenvalue weighted by molar-refractivity contribution is -0.137. The van der Waals surface area contributed by atoms with Gasteiger partial charge < -0.3 is 9.84 Å². The zero-order chi connectivity index (χ0) is 21.2. The molecule has 0 unspecified atom stereocenters. The van der Waals surface area contributed by atoms with Crippen LogP contribution in [0.2, 0.25) is 10.0 Å². The van der Waals surface area contributed by atoms with Gasteiger partial charge in [0.05, 0.1) is 5.02 Å². The molecule has 0 heterocycles. The molecule has 0 aromatic heterocycles. The van der Waals surface area contributed by atoms with Crippen LogP contribution in [0, 0.1) is 6.92 Å². The van der Waals surface area contributed by atoms with E-state index in [4.69, 9.17) is 27.9 Å². The molecule has 0 atom stereocenters. The second kappa shape index (κ2) is 8.92. The summed E-state index contributed by atoms with van der Waals surface area (Å²) in [5.74, 6) is -0.633. The van der Waals surface area contributed by atoms with Crippen molar-refractivity contribution in [2.75, 3.05) is 19.7 Å². The van der Waals surface area contributed by atoms with E-state index in [2.05, 4.69) is 0 Å². The third kappa shape index (κ3) is 5.04. The van der Waals surface area contributed by atoms with E-state index in [1.807, 2.05) is 18.2 Å². The molecule has 1 aliphatic rings. The molecular weight excluding hydrogens is 437 g/mol. The Bertz CT molecular complexity index is 1040. The van der Waals surface area contributed by atoms with E-state index in [1.54, 1.807) is 6.92 Å². The van der Waals surface area contributed by atoms with Gasteiger partial charge in [-0.05, 0) is 67.1 Å². The highest BCUT2D eigenvalue weighted by molar-refractivity contribution is 7.89. The number of hydrogen-bond acceptors (Lipinski definition) is 4. The first kappa shape index (κ1) is 21.9. The predicted molar refractivity (Wildman–Crippen MR) is 112 cm³/mol. The van der Waals surface area contributed by atoms with E-state index in [-0.39, 0.29) is 23.1 Å². The van der Waals surface area contributed by atoms with Crippen molar-refractivity contribution in [3.63, 3.8) is 0 Å². The predicted octanol–water partition coefficient (Wildman–Crippen LogP) is 3.94. The maximum Gasteiger partial charge on any atom is 0.318 e. The Kier molecular flexibility index (Phi) is 6.73. The Morgan fingerprint density at radius 3 is 2.59 bits per heavy atom. The molecule has 156 valence electrons. The third-order valence-electron chi connectivity index (χ3n) is 4.82. The molecule has 0 bridgehead atoms. The number of aliphatic carboxylic acids is 1. The Hall–Kier alpha value is -1.80. The minimum Gasteiger partial charge on any atom is -0.492 e. The van der Waals surface area contributed by atoms with Crippen molar-refractivity contribution in [2.24, 2.45) is 0 Å². The molecule has 0 spiro atoms. The lowest BCUT2D eigenvalue weighted by atomic mass is 10.1. The molecule has 0 amide bonds. The highest BCUT2D eigenvalue weighted by atomic mass is 35.5. The second-order valence-electron chi connectivity index (χ2n) is 6.90. The van der Waals surface area contributed by atoms with E-state index in [0.717, 1.165) is 23.6 Å². The van der Waals surface area contributed by atoms with E-state index < -0.39 is 22.5 Å². The lowest BCUT2D eigenvalue weighted by Crippen LogP contribution is -2.38. The van der Waals surface area contributed by atoms with Crippen molar-refractivity contribution < 1.29 is 23.1 Å². The number of carboxylic acid groups (broad SMARTS) is 1. The first-order valence-electron chi connectivity index (χ1n) is 9.10. The van der Waals surface area contributed by atoms with Gasteiger partial charge in [-0.25, -0.2) is 8.42 Å². The molecule has 0 saturated carbocycles. The molecule has 3 rings (SSSR count). The minimum absolute atomic E-state index is 0.00941. The van der Waals surface area contributed by atoms with E-state index in [9.17, 15) is 18.3 Å². The van der Waals surface area contributed by atoms with Gasteiger partial charge in [0.2, 0.25) is 10.0 Å². The van der Waals surface area contributed by atoms with Crippen LogP contribution in [0.1, 0.15) is 23.1 Å². The van der Waals surface area contributed by atoms with Crippen LogP contribution >= 0.6 is 23.2 Å². The number of rotatable bonds is 8. The van der Waals surface area contributed by atoms with Gasteiger partial charge in [0.1, 0.15) is 23.8 Å². The van der Waals surface area contributed by atoms with Crippen LogP contribution in [0.4, 0.5) is 0 Å². The monoisotopic (exact) mass is 457 g/mol. The Morgan fingerprint density at radius 2 is 1.86 bits per heavy atom. The molecule has 9 heteroatoms. The maximum atomic E-state index is 13.0. The summed E-state index contributed by atoms with van der Waals surface area (Å²) in [5, 5.41) is 9.46. The molecule has 1 aliphatic carbocycles. The summed E-state index contributed by atoms with van der Waals surface area (Å²) in [7, 11) is -4.15. The number of ether oxygens (including phenoxy) is 1. The number of hydrogen-bond donors (Lipinski definition) is 1. The molecule has 0 aliphatic heterocycles. The van der Waals surface area contributed by atoms with Crippen molar-refractivity contribution in [3.8, 4) is 5.75 Å². The number of halogens is 2. The van der Waals surface area contributed by atoms with Crippen LogP contribution in [0.15, 0.2) is 35.2 Å². The molecule has 0 saturated heterocycles. The molecule has 0 radical (unpaired) electrons. The number of sulfonamides is 1. The molecule has 6 nitrogen and oxygen atoms in total. The summed E-state index contributed by atoms with van der Waals surface area (Å²) in [6.07, 6.45) is 3.17. The summed E-state index contributed by atoms with van der Waals surface area (Å²) in [4.78, 5) is 11.1. The molecule has 1 N–H and O–H groups in total. The fourth-order valence-corrected chi connectivity index (χ4v) is 5.49. The smallest absolute Gasteiger partial charge is 0.318 e. The largest absolute Gasteiger partial charge is 0.492 e. The van der Waals surface area contributed by atoms with Gasteiger partial charge in [0.25, 0.3) is 0 Å². The molecule has 0 fully saturated rings. The summed E-state index contributed by atoms with van der Waals surface area (Å²) in [5.41, 5.74) is 3.07. The van der Waals surface area contributed by atoms with Crippen LogP contribution in [-0.4, -0.2) is 43.5 Å². The van der Waals surface area contributed by atoms with Crippen LogP contribution in [-0.2, 0) is 27.7 Å². The molecule has 2 aromatic rings. The number of aryl methyl sites for hydroxylation is 3. The number of carboxylic acids is 1. The fraction of sp³-hybridized carbons (Fsp3) is 0.350. The number of nitrogens with zero attached hydrogens (tertiary/aromatic N) is 1. The van der Waals surface area contributed by atoms with Crippen LogP contribution in [0.5, 0.6) is 5.75 Å². The number of benzene rings is 2. The number of carbonyl (C=O) groups is 1. The van der Waals surface area contributed by atoms with Crippen molar-refractivity contribution in [3.05, 3.63) is 57.1 Å². The average molecular weight is 458 g/mol. The fourth-order valence-electron chi connectivity index (χ4n) is 3.31. The maximum absolute atomic E-state index is 13.0. The summed E-state index contributed by atoms with van der Waals surface area (Å²) in [6.45, 7) is 0.823. The van der Waals surface area contributed by atoms with Gasteiger partial charge in [-0.1, -0.05) is 29.3 Å². The van der Waals surface area contributed by atoms with E-state index in [0.29, 0.717) is 16.3 Å². The SMILES string of the molecule is Cc1cc(S(=O)(=O)N(CCOc2ccc3c(c2)CCC3)CC(=O)O)c(Cl)cc1Cl. The third-order valence-corrected chi connectivity index (χ3v) is 7.54. The van der Waals surface area contributed by atoms with Crippen LogP contribution in [0.3, 0.4) is 0 Å². The summed E-state index contributed by atoms with van der Waals surface area (Å²) < 4.78 is 32.6. The standard InChI is InChI=1S/C20H21Cl2NO5S/c1-13-9-19(18(22)11-17(13)21)29(26,27)23(12-20(24)25)7-8-28-16-6-5-14-3-2-4-15(14)10-16/h5-6,9-11H,2-4,7-8,12H2,1H3,(H,24,25). The van der Waals surface area contributed by atoms with Gasteiger partial charge in [-0.2, -0.15) is 4.31 Å². The second-order valence-corrected chi connectivity index (χ2v) is 9.62. The van der Waals surface area contributed by atoms with E-state index >= 15 is 0 Å². The Balaban J connectivity index is 1.77. The topological polar surface area (TPSA) is 83.9 Å². The van der Waals surface area contributed by atoms with Gasteiger partial charge in [0, 0.05) is 11.6 Å². The van der Waals surface area contributed by atoms with Crippen molar-refractivity contribution >= 4 is 39.2 Å². The normalized spacial score (nSPS) is 13.5. The van der Waals surface area contributed by atoms with Crippen molar-refractivity contribution in [2.45, 2.75) is 31.1 Å². The first-order valence-corrected chi connectivity index (χ1v) is 11.3. The van der Waals surface area contributed by atoms with Gasteiger partial charge >= 0.3 is 5.97 Å². The number of fused-ring (bicyclic) bond motifs is 1. The van der Waals surface area contributed by atoms with Gasteiger partial charge in [-0.15, -0.1) is 0 Å². The van der Waals surface area contributed by atoms with Crippen molar-refractivity contribution in [1.82, 2.24) is 4.31 Å². The molecule has 2 aromatic carbocycles. The van der Waals surface area contributed by atoms with Gasteiger partial charge in [-0.3, -0.25) is 4.79 Å². The van der Waals surface area contributed by atoms with Crippen LogP contribution in [0.25, 0.3) is 0 Å². The average Bonchev–Trinajstić information content (AvgIpc) is 3.11. The minimum atomic E-state index is -4.15. The quantitative estimate of drug-likeness (QED) is 0.648. The zero-order valence-electron chi connectivity index (χ0n) is 15.8. The van der Waals surface area contributed by atoms with Gasteiger partial charge in [0.15, 0.2) is 0 Å². The summed E-state index contributed by atoms with van der Waals surface area (Å²) >= 11 is 12.1. The molecule has 29 heavy (non-hydrogen) atoms. The highest BCUT2D eigenvalue weighted by Crippen LogP contribution is 2.30. The van der Waals surface area contributed by atoms with Crippen molar-refractivity contribution in [1.29, 1.82) is 0 Å². The lowest BCUT2D eigenvalue weighted by Gasteiger charge is -2.21. The van der Waals surface area contributed by atoms with Crippen LogP contribution < -0.4 is 4.74 Å². The Labute approximate surface area is 180 Å². The molecular formula is C20H21Cl2NO5S. The Morgan fingerprint density at radius 1 is 1.14 bits per heavy atom. The van der Waals surface area contributed by atoms with E-state index in [1.165, 1.54) is 23.3 Å². The summed E-state index contributed by atoms with van der Waals surface area (Å²) in [6, 6.07) is 8.50.